The summed E-state index contributed by atoms with van der Waals surface area (Å²) in [7, 11) is 1.67. The standard InChI is InChI=1S/C25H24O4S/c1-18-15-22(29-17-25(26)27)11-12-24(18)30-14-13-23(19-7-4-3-5-8-19)20-9-6-10-21(16-20)28-2/h3-13,15-16H,14,17H2,1-2H3,(H,26,27). The number of hydrogen-bond donors (Lipinski definition) is 1. The Morgan fingerprint density at radius 1 is 0.967 bits per heavy atom. The molecule has 0 atom stereocenters. The molecule has 0 bridgehead atoms. The molecule has 3 aromatic rings. The molecule has 0 saturated carbocycles. The molecule has 0 spiro atoms. The maximum atomic E-state index is 10.7. The molecule has 4 nitrogen and oxygen atoms in total. The Morgan fingerprint density at radius 2 is 1.73 bits per heavy atom. The number of rotatable bonds is 9. The van der Waals surface area contributed by atoms with Gasteiger partial charge in [-0.1, -0.05) is 48.5 Å². The lowest BCUT2D eigenvalue weighted by molar-refractivity contribution is -0.139. The number of aliphatic carboxylic acids is 1. The van der Waals surface area contributed by atoms with Gasteiger partial charge in [0.25, 0.3) is 0 Å². The molecule has 3 aromatic carbocycles. The van der Waals surface area contributed by atoms with Crippen LogP contribution in [-0.2, 0) is 4.79 Å². The average Bonchev–Trinajstić information content (AvgIpc) is 2.77. The van der Waals surface area contributed by atoms with Crippen LogP contribution in [0.1, 0.15) is 16.7 Å². The van der Waals surface area contributed by atoms with Gasteiger partial charge in [0, 0.05) is 10.6 Å². The van der Waals surface area contributed by atoms with E-state index in [0.29, 0.717) is 5.75 Å². The summed E-state index contributed by atoms with van der Waals surface area (Å²) in [6, 6.07) is 24.0. The molecule has 0 heterocycles. The Balaban J connectivity index is 1.79. The maximum Gasteiger partial charge on any atom is 0.341 e. The lowest BCUT2D eigenvalue weighted by atomic mass is 9.98. The molecule has 0 aliphatic carbocycles. The lowest BCUT2D eigenvalue weighted by Crippen LogP contribution is -2.09. The van der Waals surface area contributed by atoms with Crippen molar-refractivity contribution >= 4 is 23.3 Å². The van der Waals surface area contributed by atoms with Crippen LogP contribution < -0.4 is 9.47 Å². The minimum absolute atomic E-state index is 0.338. The van der Waals surface area contributed by atoms with E-state index in [9.17, 15) is 4.79 Å². The zero-order valence-corrected chi connectivity index (χ0v) is 17.8. The first-order valence-electron chi connectivity index (χ1n) is 9.55. The van der Waals surface area contributed by atoms with E-state index in [2.05, 4.69) is 24.3 Å². The number of thioether (sulfide) groups is 1. The summed E-state index contributed by atoms with van der Waals surface area (Å²) in [5, 5.41) is 8.74. The predicted molar refractivity (Wildman–Crippen MR) is 122 cm³/mol. The van der Waals surface area contributed by atoms with E-state index < -0.39 is 5.97 Å². The largest absolute Gasteiger partial charge is 0.497 e. The van der Waals surface area contributed by atoms with Gasteiger partial charge in [-0.3, -0.25) is 0 Å². The number of carboxylic acids is 1. The quantitative estimate of drug-likeness (QED) is 0.451. The number of benzene rings is 3. The molecule has 0 saturated heterocycles. The van der Waals surface area contributed by atoms with Gasteiger partial charge in [-0.2, -0.15) is 0 Å². The van der Waals surface area contributed by atoms with Crippen LogP contribution in [-0.4, -0.2) is 30.5 Å². The number of carboxylic acid groups (broad SMARTS) is 1. The molecule has 5 heteroatoms. The van der Waals surface area contributed by atoms with Crippen molar-refractivity contribution in [3.8, 4) is 11.5 Å². The van der Waals surface area contributed by atoms with Crippen LogP contribution in [0, 0.1) is 6.92 Å². The fraction of sp³-hybridized carbons (Fsp3) is 0.160. The summed E-state index contributed by atoms with van der Waals surface area (Å²) in [5.74, 6) is 1.20. The third kappa shape index (κ3) is 5.91. The van der Waals surface area contributed by atoms with Gasteiger partial charge in [-0.05, 0) is 59.5 Å². The second-order valence-electron chi connectivity index (χ2n) is 6.64. The highest BCUT2D eigenvalue weighted by Gasteiger charge is 2.07. The van der Waals surface area contributed by atoms with Crippen molar-refractivity contribution in [1.82, 2.24) is 0 Å². The fourth-order valence-corrected chi connectivity index (χ4v) is 3.92. The van der Waals surface area contributed by atoms with Gasteiger partial charge in [-0.15, -0.1) is 11.8 Å². The minimum atomic E-state index is -0.984. The number of methoxy groups -OCH3 is 1. The van der Waals surface area contributed by atoms with Crippen molar-refractivity contribution in [3.63, 3.8) is 0 Å². The van der Waals surface area contributed by atoms with Crippen LogP contribution in [0.2, 0.25) is 0 Å². The highest BCUT2D eigenvalue weighted by molar-refractivity contribution is 7.99. The van der Waals surface area contributed by atoms with Crippen molar-refractivity contribution in [2.24, 2.45) is 0 Å². The predicted octanol–water partition coefficient (Wildman–Crippen LogP) is 5.69. The Morgan fingerprint density at radius 3 is 2.43 bits per heavy atom. The van der Waals surface area contributed by atoms with Gasteiger partial charge >= 0.3 is 5.97 Å². The fourth-order valence-electron chi connectivity index (χ4n) is 3.04. The Kier molecular flexibility index (Phi) is 7.57. The Labute approximate surface area is 181 Å². The summed E-state index contributed by atoms with van der Waals surface area (Å²) in [5.41, 5.74) is 4.47. The van der Waals surface area contributed by atoms with E-state index in [-0.39, 0.29) is 6.61 Å². The molecule has 0 fully saturated rings. The summed E-state index contributed by atoms with van der Waals surface area (Å²) < 4.78 is 10.6. The molecule has 0 amide bonds. The van der Waals surface area contributed by atoms with Crippen LogP contribution in [0.15, 0.2) is 83.8 Å². The van der Waals surface area contributed by atoms with Gasteiger partial charge in [0.2, 0.25) is 0 Å². The summed E-state index contributed by atoms with van der Waals surface area (Å²) >= 11 is 1.73. The van der Waals surface area contributed by atoms with Crippen molar-refractivity contribution in [2.45, 2.75) is 11.8 Å². The summed E-state index contributed by atoms with van der Waals surface area (Å²) in [4.78, 5) is 11.8. The second kappa shape index (κ2) is 10.6. The average molecular weight is 421 g/mol. The molecule has 30 heavy (non-hydrogen) atoms. The smallest absolute Gasteiger partial charge is 0.341 e. The van der Waals surface area contributed by atoms with Crippen LogP contribution in [0.3, 0.4) is 0 Å². The molecule has 154 valence electrons. The zero-order valence-electron chi connectivity index (χ0n) is 17.0. The number of ether oxygens (including phenoxy) is 2. The SMILES string of the molecule is COc1cccc(C(=CCSc2ccc(OCC(=O)O)cc2C)c2ccccc2)c1. The van der Waals surface area contributed by atoms with E-state index in [1.807, 2.05) is 61.5 Å². The van der Waals surface area contributed by atoms with E-state index in [4.69, 9.17) is 14.6 Å². The maximum absolute atomic E-state index is 10.7. The van der Waals surface area contributed by atoms with E-state index in [1.54, 1.807) is 18.9 Å². The molecule has 0 aliphatic rings. The minimum Gasteiger partial charge on any atom is -0.497 e. The topological polar surface area (TPSA) is 55.8 Å². The van der Waals surface area contributed by atoms with Gasteiger partial charge in [0.05, 0.1) is 7.11 Å². The first-order valence-corrected chi connectivity index (χ1v) is 10.5. The van der Waals surface area contributed by atoms with Crippen LogP contribution in [0.4, 0.5) is 0 Å². The number of carbonyl (C=O) groups is 1. The van der Waals surface area contributed by atoms with Crippen molar-refractivity contribution in [3.05, 3.63) is 95.6 Å². The third-order valence-corrected chi connectivity index (χ3v) is 5.60. The van der Waals surface area contributed by atoms with E-state index in [0.717, 1.165) is 38.7 Å². The Hall–Kier alpha value is -3.18. The van der Waals surface area contributed by atoms with Gasteiger partial charge in [-0.25, -0.2) is 4.79 Å². The molecular formula is C25H24O4S. The third-order valence-electron chi connectivity index (χ3n) is 4.50. The summed E-state index contributed by atoms with van der Waals surface area (Å²) in [6.45, 7) is 1.66. The van der Waals surface area contributed by atoms with Crippen molar-refractivity contribution < 1.29 is 19.4 Å². The Bertz CT molecular complexity index is 1030. The zero-order chi connectivity index (χ0) is 21.3. The molecule has 0 unspecified atom stereocenters. The highest BCUT2D eigenvalue weighted by atomic mass is 32.2. The first-order chi connectivity index (χ1) is 14.6. The first kappa shape index (κ1) is 21.5. The second-order valence-corrected chi connectivity index (χ2v) is 7.70. The van der Waals surface area contributed by atoms with Gasteiger partial charge in [0.1, 0.15) is 11.5 Å². The van der Waals surface area contributed by atoms with E-state index in [1.165, 1.54) is 0 Å². The van der Waals surface area contributed by atoms with Crippen molar-refractivity contribution in [1.29, 1.82) is 0 Å². The molecular weight excluding hydrogens is 396 g/mol. The lowest BCUT2D eigenvalue weighted by Gasteiger charge is -2.11. The molecule has 0 aromatic heterocycles. The molecule has 1 N–H and O–H groups in total. The monoisotopic (exact) mass is 420 g/mol. The summed E-state index contributed by atoms with van der Waals surface area (Å²) in [6.07, 6.45) is 2.23. The highest BCUT2D eigenvalue weighted by Crippen LogP contribution is 2.30. The molecule has 3 rings (SSSR count). The van der Waals surface area contributed by atoms with Crippen LogP contribution in [0.25, 0.3) is 5.57 Å². The van der Waals surface area contributed by atoms with Gasteiger partial charge in [0.15, 0.2) is 6.61 Å². The molecule has 0 radical (unpaired) electrons. The van der Waals surface area contributed by atoms with Crippen molar-refractivity contribution in [2.75, 3.05) is 19.5 Å². The van der Waals surface area contributed by atoms with Gasteiger partial charge < -0.3 is 14.6 Å². The van der Waals surface area contributed by atoms with E-state index >= 15 is 0 Å². The number of aryl methyl sites for hydroxylation is 1. The number of hydrogen-bond acceptors (Lipinski definition) is 4. The molecule has 0 aliphatic heterocycles. The van der Waals surface area contributed by atoms with Crippen LogP contribution >= 0.6 is 11.8 Å². The van der Waals surface area contributed by atoms with Crippen LogP contribution in [0.5, 0.6) is 11.5 Å². The normalized spacial score (nSPS) is 11.2.